The Labute approximate surface area is 572 Å². The second-order valence-corrected chi connectivity index (χ2v) is 30.0. The molecular formula is C63H90Na3O19P. The number of carbonyl (C=O) groups excluding carboxylic acids is 6. The molecule has 0 heterocycles. The van der Waals surface area contributed by atoms with Crippen LogP contribution in [0.15, 0.2) is 34.9 Å². The molecule has 464 valence electrons. The second-order valence-electron chi connectivity index (χ2n) is 29.1. The van der Waals surface area contributed by atoms with Crippen LogP contribution in [0.4, 0.5) is 0 Å². The van der Waals surface area contributed by atoms with Crippen LogP contribution in [0.25, 0.3) is 0 Å². The predicted octanol–water partition coefficient (Wildman–Crippen LogP) is -6.47. The van der Waals surface area contributed by atoms with Gasteiger partial charge in [-0.25, -0.2) is 0 Å². The Morgan fingerprint density at radius 3 is 0.872 bits per heavy atom. The Balaban J connectivity index is 0.000000195. The van der Waals surface area contributed by atoms with Crippen LogP contribution in [0.5, 0.6) is 0 Å². The molecule has 9 saturated carbocycles. The van der Waals surface area contributed by atoms with Gasteiger partial charge >= 0.3 is 88.7 Å². The zero-order valence-electron chi connectivity index (χ0n) is 52.2. The summed E-state index contributed by atoms with van der Waals surface area (Å²) in [4.78, 5) is 98.4. The van der Waals surface area contributed by atoms with Crippen molar-refractivity contribution in [3.8, 4) is 0 Å². The Morgan fingerprint density at radius 1 is 0.442 bits per heavy atom. The van der Waals surface area contributed by atoms with E-state index in [1.807, 2.05) is 20.8 Å². The molecule has 86 heavy (non-hydrogen) atoms. The number of allylic oxidation sites excluding steroid dienone is 3. The number of hydrogen-bond donors (Lipinski definition) is 9. The van der Waals surface area contributed by atoms with Crippen LogP contribution in [0.3, 0.4) is 0 Å². The molecule has 21 atom stereocenters. The number of Topliss-reactive ketones (excluding diaryl/α,β-unsaturated/α-hetero) is 3. The monoisotopic (exact) mass is 1250 g/mol. The van der Waals surface area contributed by atoms with Gasteiger partial charge in [0.2, 0.25) is 0 Å². The van der Waals surface area contributed by atoms with Crippen LogP contribution in [-0.2, 0) is 33.3 Å². The molecule has 12 aliphatic rings. The number of ketones is 6. The van der Waals surface area contributed by atoms with E-state index in [9.17, 15) is 74.7 Å². The van der Waals surface area contributed by atoms with Gasteiger partial charge in [0.15, 0.2) is 34.7 Å². The summed E-state index contributed by atoms with van der Waals surface area (Å²) in [7, 11) is -5.39. The van der Waals surface area contributed by atoms with Crippen molar-refractivity contribution in [2.24, 2.45) is 85.8 Å². The van der Waals surface area contributed by atoms with Gasteiger partial charge in [-0.3, -0.25) is 28.8 Å². The molecule has 9 N–H and O–H groups in total. The Hall–Kier alpha value is -0.0100. The van der Waals surface area contributed by atoms with Crippen LogP contribution in [0.1, 0.15) is 176 Å². The average Bonchev–Trinajstić information content (AvgIpc) is 1.40. The van der Waals surface area contributed by atoms with E-state index >= 15 is 0 Å². The van der Waals surface area contributed by atoms with Gasteiger partial charge in [-0.05, 0) is 203 Å². The molecule has 9 fully saturated rings. The second kappa shape index (κ2) is 26.7. The van der Waals surface area contributed by atoms with Crippen LogP contribution in [0, 0.1) is 85.8 Å². The van der Waals surface area contributed by atoms with E-state index in [4.69, 9.17) is 19.2 Å². The van der Waals surface area contributed by atoms with Gasteiger partial charge in [0.05, 0.1) is 18.3 Å². The molecule has 12 rings (SSSR count). The first-order valence-electron chi connectivity index (χ1n) is 30.6. The largest absolute Gasteiger partial charge is 1.00 e. The van der Waals surface area contributed by atoms with Gasteiger partial charge < -0.3 is 65.2 Å². The summed E-state index contributed by atoms with van der Waals surface area (Å²) in [5, 5.41) is 95.2. The van der Waals surface area contributed by atoms with Crippen molar-refractivity contribution in [3.05, 3.63) is 34.9 Å². The van der Waals surface area contributed by atoms with Gasteiger partial charge in [0.1, 0.15) is 36.6 Å². The van der Waals surface area contributed by atoms with E-state index in [1.54, 1.807) is 18.2 Å². The summed E-state index contributed by atoms with van der Waals surface area (Å²) in [6.07, 6.45) is 17.2. The zero-order chi connectivity index (χ0) is 61.2. The summed E-state index contributed by atoms with van der Waals surface area (Å²) in [5.41, 5.74) is -3.70. The number of aliphatic hydroxyl groups excluding tert-OH is 6. The minimum atomic E-state index is -5.39. The molecule has 0 aromatic carbocycles. The van der Waals surface area contributed by atoms with Crippen LogP contribution < -0.4 is 103 Å². The molecule has 0 saturated heterocycles. The fourth-order valence-electron chi connectivity index (χ4n) is 21.8. The van der Waals surface area contributed by atoms with Gasteiger partial charge in [-0.15, -0.1) is 0 Å². The third-order valence-corrected chi connectivity index (χ3v) is 26.0. The molecule has 0 spiro atoms. The summed E-state index contributed by atoms with van der Waals surface area (Å²) in [6, 6.07) is 0. The molecule has 19 nitrogen and oxygen atoms in total. The number of hydrogen-bond acceptors (Lipinski definition) is 19. The van der Waals surface area contributed by atoms with Crippen molar-refractivity contribution >= 4 is 42.5 Å². The number of fused-ring (bicyclic) bond motifs is 15. The third-order valence-electron chi connectivity index (χ3n) is 26.0. The van der Waals surface area contributed by atoms with E-state index in [0.29, 0.717) is 57.8 Å². The average molecular weight is 1250 g/mol. The maximum absolute atomic E-state index is 12.4. The van der Waals surface area contributed by atoms with Gasteiger partial charge in [-0.1, -0.05) is 58.3 Å². The quantitative estimate of drug-likeness (QED) is 0.0882. The summed E-state index contributed by atoms with van der Waals surface area (Å²) in [6.45, 7) is 10.4. The van der Waals surface area contributed by atoms with Gasteiger partial charge in [0.25, 0.3) is 0 Å². The summed E-state index contributed by atoms with van der Waals surface area (Å²) < 4.78 is 8.55. The standard InChI is InChI=1S/3C21H30O5.3Na.H3O4P/c3*1-19-7-5-13(23)9-12(19)3-4-14-15-6-8-21(26,17(25)11-22)20(15,2)10-16(24)18(14)19;;;;1-5(2,3)4/h3*9,14-16,18,22,24,26H,3-8,10-11H2,1-2H3;;;;(H3,1,2,3,4)/q;;;3*+1;/p-3/t3*14?,15?,16-,18?,19-,20-,21-;;;;/m000..../s1. The van der Waals surface area contributed by atoms with Crippen molar-refractivity contribution in [1.29, 1.82) is 0 Å². The first kappa shape index (κ1) is 75.0. The Kier molecular flexibility index (Phi) is 23.2. The van der Waals surface area contributed by atoms with Gasteiger partial charge in [-0.2, -0.15) is 7.82 Å². The maximum atomic E-state index is 12.4. The van der Waals surface area contributed by atoms with E-state index in [0.717, 1.165) is 77.0 Å². The smallest absolute Gasteiger partial charge is 0.822 e. The minimum Gasteiger partial charge on any atom is -0.822 e. The molecule has 9 unspecified atom stereocenters. The predicted molar refractivity (Wildman–Crippen MR) is 293 cm³/mol. The normalized spacial score (nSPS) is 46.5. The molecule has 0 aromatic rings. The fourth-order valence-corrected chi connectivity index (χ4v) is 21.8. The maximum Gasteiger partial charge on any atom is 1.00 e. The first-order valence-corrected chi connectivity index (χ1v) is 32.1. The zero-order valence-corrected chi connectivity index (χ0v) is 59.1. The van der Waals surface area contributed by atoms with E-state index in [2.05, 4.69) is 20.8 Å². The Morgan fingerprint density at radius 2 is 0.663 bits per heavy atom. The van der Waals surface area contributed by atoms with E-state index in [-0.39, 0.29) is 176 Å². The van der Waals surface area contributed by atoms with E-state index < -0.39 is 96.4 Å². The molecule has 0 aliphatic heterocycles. The molecular weight excluding hydrogens is 1160 g/mol. The fraction of sp³-hybridized carbons (Fsp3) is 0.810. The topological polar surface area (TPSA) is 371 Å². The van der Waals surface area contributed by atoms with Crippen LogP contribution >= 0.6 is 7.82 Å². The molecule has 12 aliphatic carbocycles. The molecule has 0 radical (unpaired) electrons. The molecule has 23 heteroatoms. The first-order chi connectivity index (χ1) is 38.5. The van der Waals surface area contributed by atoms with Crippen LogP contribution in [0.2, 0.25) is 0 Å². The van der Waals surface area contributed by atoms with Crippen LogP contribution in [-0.4, -0.2) is 136 Å². The minimum absolute atomic E-state index is 0. The number of phosphoric acid groups is 1. The third kappa shape index (κ3) is 12.1. The molecule has 0 amide bonds. The Bertz CT molecular complexity index is 2520. The van der Waals surface area contributed by atoms with Crippen molar-refractivity contribution in [2.75, 3.05) is 19.8 Å². The van der Waals surface area contributed by atoms with E-state index in [1.165, 1.54) is 16.7 Å². The van der Waals surface area contributed by atoms with Gasteiger partial charge in [0, 0.05) is 35.5 Å². The number of carbonyl (C=O) groups is 6. The summed E-state index contributed by atoms with van der Waals surface area (Å²) in [5.74, 6) is 0.420. The SMILES string of the molecule is C[C@]12CCC(=O)C=C1CCC1C2[C@@H](O)C[C@@]2(C)C1CC[C@]2(O)C(=O)CO.C[C@]12CCC(=O)C=C1CCC1C2[C@@H](O)C[C@@]2(C)C1CC[C@]2(O)C(=O)CO.C[C@]12CCC(=O)C=C1CCC1C2[C@@H](O)C[C@@]2(C)C1CC[C@]2(O)C(=O)CO.O=P([O-])([O-])[O-].[Na+].[Na+].[Na+]. The van der Waals surface area contributed by atoms with Crippen molar-refractivity contribution in [1.82, 2.24) is 0 Å². The molecule has 0 aromatic heterocycles. The van der Waals surface area contributed by atoms with Crippen molar-refractivity contribution in [3.63, 3.8) is 0 Å². The van der Waals surface area contributed by atoms with Crippen molar-refractivity contribution < 1.29 is 183 Å². The number of aliphatic hydroxyl groups is 9. The number of rotatable bonds is 6. The summed E-state index contributed by atoms with van der Waals surface area (Å²) >= 11 is 0. The molecule has 0 bridgehead atoms. The van der Waals surface area contributed by atoms with Crippen molar-refractivity contribution in [2.45, 2.75) is 211 Å².